The Bertz CT molecular complexity index is 695. The Balaban J connectivity index is 2.04. The summed E-state index contributed by atoms with van der Waals surface area (Å²) in [7, 11) is 0. The summed E-state index contributed by atoms with van der Waals surface area (Å²) in [4.78, 5) is 14.3. The van der Waals surface area contributed by atoms with Gasteiger partial charge in [-0.3, -0.25) is 4.79 Å². The van der Waals surface area contributed by atoms with E-state index in [0.29, 0.717) is 17.8 Å². The van der Waals surface area contributed by atoms with E-state index in [1.54, 1.807) is 29.2 Å². The molecule has 0 unspecified atom stereocenters. The molecule has 102 valence electrons. The number of amides is 1. The zero-order chi connectivity index (χ0) is 14.3. The molecule has 3 N–H and O–H groups in total. The van der Waals surface area contributed by atoms with Gasteiger partial charge in [-0.1, -0.05) is 23.8 Å². The number of hydrogen-bond donors (Lipinski definition) is 2. The molecule has 1 heterocycles. The van der Waals surface area contributed by atoms with Gasteiger partial charge in [0.15, 0.2) is 0 Å². The van der Waals surface area contributed by atoms with Gasteiger partial charge < -0.3 is 15.7 Å². The van der Waals surface area contributed by atoms with Crippen LogP contribution in [0.25, 0.3) is 0 Å². The average Bonchev–Trinajstić information content (AvgIpc) is 2.86. The summed E-state index contributed by atoms with van der Waals surface area (Å²) in [5.74, 6) is -0.202. The van der Waals surface area contributed by atoms with Crippen LogP contribution in [-0.2, 0) is 6.42 Å². The number of para-hydroxylation sites is 1. The molecule has 1 aliphatic rings. The highest BCUT2D eigenvalue weighted by molar-refractivity contribution is 6.10. The monoisotopic (exact) mass is 268 g/mol. The molecule has 0 fully saturated rings. The zero-order valence-electron chi connectivity index (χ0n) is 11.3. The van der Waals surface area contributed by atoms with Gasteiger partial charge in [-0.05, 0) is 37.1 Å². The van der Waals surface area contributed by atoms with Crippen LogP contribution >= 0.6 is 0 Å². The molecule has 3 rings (SSSR count). The molecular weight excluding hydrogens is 252 g/mol. The van der Waals surface area contributed by atoms with E-state index in [2.05, 4.69) is 0 Å². The fourth-order valence-electron chi connectivity index (χ4n) is 2.66. The van der Waals surface area contributed by atoms with Crippen LogP contribution in [0.3, 0.4) is 0 Å². The van der Waals surface area contributed by atoms with Crippen LogP contribution in [0.15, 0.2) is 36.4 Å². The van der Waals surface area contributed by atoms with Crippen LogP contribution in [0.5, 0.6) is 5.75 Å². The van der Waals surface area contributed by atoms with Crippen LogP contribution in [0.1, 0.15) is 21.5 Å². The summed E-state index contributed by atoms with van der Waals surface area (Å²) in [6.07, 6.45) is 0.790. The van der Waals surface area contributed by atoms with E-state index in [4.69, 9.17) is 5.73 Å². The highest BCUT2D eigenvalue weighted by Crippen LogP contribution is 2.35. The molecule has 0 atom stereocenters. The van der Waals surface area contributed by atoms with Crippen LogP contribution in [0, 0.1) is 6.92 Å². The molecule has 1 amide bonds. The lowest BCUT2D eigenvalue weighted by Crippen LogP contribution is -2.29. The molecule has 2 aromatic rings. The quantitative estimate of drug-likeness (QED) is 0.781. The maximum absolute atomic E-state index is 12.6. The number of nitrogens with zero attached hydrogens (tertiary/aromatic N) is 1. The van der Waals surface area contributed by atoms with Gasteiger partial charge in [0, 0.05) is 6.54 Å². The third kappa shape index (κ3) is 1.90. The van der Waals surface area contributed by atoms with Gasteiger partial charge in [0.25, 0.3) is 5.91 Å². The Labute approximate surface area is 117 Å². The standard InChI is InChI=1S/C16H16N2O2/c1-10-5-6-14(19)12(9-10)16(20)18-8-7-11-3-2-4-13(17)15(11)18/h2-6,9,19H,7-8,17H2,1H3. The van der Waals surface area contributed by atoms with Crippen molar-refractivity contribution < 1.29 is 9.90 Å². The molecule has 0 aliphatic carbocycles. The van der Waals surface area contributed by atoms with Gasteiger partial charge in [0.1, 0.15) is 5.75 Å². The van der Waals surface area contributed by atoms with Gasteiger partial charge in [0.05, 0.1) is 16.9 Å². The van der Waals surface area contributed by atoms with E-state index in [-0.39, 0.29) is 11.7 Å². The topological polar surface area (TPSA) is 66.6 Å². The number of phenols is 1. The van der Waals surface area contributed by atoms with Gasteiger partial charge in [0.2, 0.25) is 0 Å². The number of nitrogen functional groups attached to an aromatic ring is 1. The molecule has 0 radical (unpaired) electrons. The normalized spacial score (nSPS) is 13.3. The first-order chi connectivity index (χ1) is 9.58. The number of anilines is 2. The Morgan fingerprint density at radius 2 is 2.10 bits per heavy atom. The third-order valence-corrected chi connectivity index (χ3v) is 3.65. The first-order valence-corrected chi connectivity index (χ1v) is 6.57. The summed E-state index contributed by atoms with van der Waals surface area (Å²) in [6.45, 7) is 2.48. The number of hydrogen-bond acceptors (Lipinski definition) is 3. The highest BCUT2D eigenvalue weighted by atomic mass is 16.3. The van der Waals surface area contributed by atoms with Crippen molar-refractivity contribution in [3.05, 3.63) is 53.1 Å². The molecule has 4 heteroatoms. The number of aromatic hydroxyl groups is 1. The number of benzene rings is 2. The number of aryl methyl sites for hydroxylation is 1. The van der Waals surface area contributed by atoms with Crippen LogP contribution in [-0.4, -0.2) is 17.6 Å². The summed E-state index contributed by atoms with van der Waals surface area (Å²) in [5, 5.41) is 9.90. The lowest BCUT2D eigenvalue weighted by atomic mass is 10.1. The van der Waals surface area contributed by atoms with Crippen molar-refractivity contribution in [2.24, 2.45) is 0 Å². The second-order valence-corrected chi connectivity index (χ2v) is 5.08. The first-order valence-electron chi connectivity index (χ1n) is 6.57. The Morgan fingerprint density at radius 1 is 1.30 bits per heavy atom. The van der Waals surface area contributed by atoms with E-state index >= 15 is 0 Å². The van der Waals surface area contributed by atoms with Crippen molar-refractivity contribution in [1.29, 1.82) is 0 Å². The smallest absolute Gasteiger partial charge is 0.262 e. The molecular formula is C16H16N2O2. The fraction of sp³-hybridized carbons (Fsp3) is 0.188. The summed E-state index contributed by atoms with van der Waals surface area (Å²) in [6, 6.07) is 10.7. The van der Waals surface area contributed by atoms with Crippen molar-refractivity contribution in [3.8, 4) is 5.75 Å². The third-order valence-electron chi connectivity index (χ3n) is 3.65. The Hall–Kier alpha value is -2.49. The van der Waals surface area contributed by atoms with Gasteiger partial charge in [-0.25, -0.2) is 0 Å². The van der Waals surface area contributed by atoms with Crippen molar-refractivity contribution >= 4 is 17.3 Å². The zero-order valence-corrected chi connectivity index (χ0v) is 11.3. The predicted molar refractivity (Wildman–Crippen MR) is 79.1 cm³/mol. The average molecular weight is 268 g/mol. The van der Waals surface area contributed by atoms with Gasteiger partial charge in [-0.15, -0.1) is 0 Å². The number of fused-ring (bicyclic) bond motifs is 1. The minimum Gasteiger partial charge on any atom is -0.507 e. The maximum atomic E-state index is 12.6. The lowest BCUT2D eigenvalue weighted by molar-refractivity contribution is 0.0987. The minimum absolute atomic E-state index is 0.00329. The number of rotatable bonds is 1. The van der Waals surface area contributed by atoms with E-state index < -0.39 is 0 Å². The Morgan fingerprint density at radius 3 is 2.90 bits per heavy atom. The van der Waals surface area contributed by atoms with Crippen LogP contribution < -0.4 is 10.6 Å². The number of carbonyl (C=O) groups is 1. The first kappa shape index (κ1) is 12.5. The number of phenolic OH excluding ortho intramolecular Hbond substituents is 1. The van der Waals surface area contributed by atoms with E-state index in [1.165, 1.54) is 0 Å². The van der Waals surface area contributed by atoms with Gasteiger partial charge in [-0.2, -0.15) is 0 Å². The molecule has 0 saturated heterocycles. The summed E-state index contributed by atoms with van der Waals surface area (Å²) >= 11 is 0. The van der Waals surface area contributed by atoms with Crippen molar-refractivity contribution in [2.45, 2.75) is 13.3 Å². The lowest BCUT2D eigenvalue weighted by Gasteiger charge is -2.19. The molecule has 2 aromatic carbocycles. The molecule has 20 heavy (non-hydrogen) atoms. The number of nitrogens with two attached hydrogens (primary N) is 1. The maximum Gasteiger partial charge on any atom is 0.262 e. The minimum atomic E-state index is -0.206. The SMILES string of the molecule is Cc1ccc(O)c(C(=O)N2CCc3cccc(N)c32)c1. The second-order valence-electron chi connectivity index (χ2n) is 5.08. The summed E-state index contributed by atoms with van der Waals surface area (Å²) < 4.78 is 0. The molecule has 0 spiro atoms. The van der Waals surface area contributed by atoms with Gasteiger partial charge >= 0.3 is 0 Å². The van der Waals surface area contributed by atoms with Crippen LogP contribution in [0.2, 0.25) is 0 Å². The van der Waals surface area contributed by atoms with Crippen molar-refractivity contribution in [3.63, 3.8) is 0 Å². The predicted octanol–water partition coefficient (Wildman–Crippen LogP) is 2.49. The molecule has 1 aliphatic heterocycles. The molecule has 4 nitrogen and oxygen atoms in total. The second kappa shape index (κ2) is 4.56. The van der Waals surface area contributed by atoms with E-state index in [1.807, 2.05) is 19.1 Å². The highest BCUT2D eigenvalue weighted by Gasteiger charge is 2.28. The molecule has 0 saturated carbocycles. The van der Waals surface area contributed by atoms with E-state index in [0.717, 1.165) is 23.2 Å². The molecule has 0 bridgehead atoms. The fourth-order valence-corrected chi connectivity index (χ4v) is 2.66. The van der Waals surface area contributed by atoms with Crippen molar-refractivity contribution in [2.75, 3.05) is 17.2 Å². The number of carbonyl (C=O) groups excluding carboxylic acids is 1. The molecule has 0 aromatic heterocycles. The van der Waals surface area contributed by atoms with Crippen LogP contribution in [0.4, 0.5) is 11.4 Å². The summed E-state index contributed by atoms with van der Waals surface area (Å²) in [5.41, 5.74) is 9.70. The van der Waals surface area contributed by atoms with Crippen molar-refractivity contribution in [1.82, 2.24) is 0 Å². The van der Waals surface area contributed by atoms with E-state index in [9.17, 15) is 9.90 Å². The Kier molecular flexibility index (Phi) is 2.86. The largest absolute Gasteiger partial charge is 0.507 e.